The van der Waals surface area contributed by atoms with Gasteiger partial charge in [0, 0.05) is 10.4 Å². The van der Waals surface area contributed by atoms with Crippen LogP contribution in [0.2, 0.25) is 4.34 Å². The summed E-state index contributed by atoms with van der Waals surface area (Å²) in [5, 5.41) is 0. The van der Waals surface area contributed by atoms with E-state index in [1.54, 1.807) is 12.1 Å². The Morgan fingerprint density at radius 2 is 1.88 bits per heavy atom. The molecule has 0 saturated heterocycles. The fourth-order valence-corrected chi connectivity index (χ4v) is 3.13. The van der Waals surface area contributed by atoms with Crippen molar-refractivity contribution in [3.8, 4) is 10.4 Å². The average molecular weight is 269 g/mol. The van der Waals surface area contributed by atoms with Crippen LogP contribution in [-0.4, -0.2) is 5.78 Å². The van der Waals surface area contributed by atoms with Gasteiger partial charge in [-0.2, -0.15) is 0 Å². The fraction of sp³-hybridized carbons (Fsp3) is 0.154. The standard InChI is InChI=1S/C13H10ClFOS/c1-7-11(8(2)16)12(17-13(7)14)9-3-5-10(15)6-4-9/h3-6H,1-2H3. The quantitative estimate of drug-likeness (QED) is 0.721. The van der Waals surface area contributed by atoms with Crippen molar-refractivity contribution in [3.63, 3.8) is 0 Å². The average Bonchev–Trinajstić information content (AvgIpc) is 2.56. The Bertz CT molecular complexity index is 572. The summed E-state index contributed by atoms with van der Waals surface area (Å²) in [6, 6.07) is 6.07. The minimum absolute atomic E-state index is 0.0232. The van der Waals surface area contributed by atoms with E-state index in [1.807, 2.05) is 6.92 Å². The van der Waals surface area contributed by atoms with Crippen LogP contribution in [-0.2, 0) is 0 Å². The molecule has 0 aliphatic rings. The number of thiophene rings is 1. The highest BCUT2D eigenvalue weighted by molar-refractivity contribution is 7.20. The molecule has 0 fully saturated rings. The van der Waals surface area contributed by atoms with Crippen LogP contribution in [0.15, 0.2) is 24.3 Å². The van der Waals surface area contributed by atoms with Crippen molar-refractivity contribution in [1.82, 2.24) is 0 Å². The number of halogens is 2. The van der Waals surface area contributed by atoms with Crippen LogP contribution < -0.4 is 0 Å². The van der Waals surface area contributed by atoms with E-state index in [4.69, 9.17) is 11.6 Å². The second-order valence-electron chi connectivity index (χ2n) is 3.77. The smallest absolute Gasteiger partial charge is 0.161 e. The van der Waals surface area contributed by atoms with Crippen LogP contribution >= 0.6 is 22.9 Å². The number of carbonyl (C=O) groups is 1. The Morgan fingerprint density at radius 1 is 1.29 bits per heavy atom. The third-order valence-corrected chi connectivity index (χ3v) is 4.19. The first-order chi connectivity index (χ1) is 8.00. The van der Waals surface area contributed by atoms with Gasteiger partial charge in [-0.3, -0.25) is 4.79 Å². The molecule has 0 spiro atoms. The van der Waals surface area contributed by atoms with Gasteiger partial charge < -0.3 is 0 Å². The number of benzene rings is 1. The minimum Gasteiger partial charge on any atom is -0.294 e. The number of ketones is 1. The van der Waals surface area contributed by atoms with Gasteiger partial charge in [0.05, 0.1) is 4.34 Å². The molecule has 1 aromatic heterocycles. The highest BCUT2D eigenvalue weighted by Crippen LogP contribution is 2.39. The highest BCUT2D eigenvalue weighted by atomic mass is 35.5. The zero-order chi connectivity index (χ0) is 12.6. The molecule has 1 nitrogen and oxygen atoms in total. The van der Waals surface area contributed by atoms with E-state index in [0.29, 0.717) is 9.90 Å². The van der Waals surface area contributed by atoms with Crippen molar-refractivity contribution in [2.75, 3.05) is 0 Å². The summed E-state index contributed by atoms with van der Waals surface area (Å²) in [7, 11) is 0. The zero-order valence-corrected chi connectivity index (χ0v) is 11.0. The van der Waals surface area contributed by atoms with Gasteiger partial charge in [-0.25, -0.2) is 4.39 Å². The summed E-state index contributed by atoms with van der Waals surface area (Å²) in [6.45, 7) is 3.33. The molecule has 1 aromatic carbocycles. The Hall–Kier alpha value is -1.19. The summed E-state index contributed by atoms with van der Waals surface area (Å²) in [5.41, 5.74) is 2.24. The van der Waals surface area contributed by atoms with E-state index < -0.39 is 0 Å². The highest BCUT2D eigenvalue weighted by Gasteiger charge is 2.18. The molecule has 0 amide bonds. The molecule has 2 aromatic rings. The van der Waals surface area contributed by atoms with E-state index in [-0.39, 0.29) is 11.6 Å². The molecule has 0 aliphatic carbocycles. The van der Waals surface area contributed by atoms with Gasteiger partial charge in [-0.1, -0.05) is 23.7 Å². The molecule has 0 radical (unpaired) electrons. The van der Waals surface area contributed by atoms with E-state index in [9.17, 15) is 9.18 Å². The van der Waals surface area contributed by atoms with Gasteiger partial charge in [0.15, 0.2) is 5.78 Å². The Kier molecular flexibility index (Phi) is 3.31. The molecule has 0 unspecified atom stereocenters. The summed E-state index contributed by atoms with van der Waals surface area (Å²) in [5.74, 6) is -0.317. The van der Waals surface area contributed by atoms with Crippen LogP contribution in [0, 0.1) is 12.7 Å². The lowest BCUT2D eigenvalue weighted by atomic mass is 10.0. The van der Waals surface area contributed by atoms with E-state index in [0.717, 1.165) is 16.0 Å². The van der Waals surface area contributed by atoms with Crippen LogP contribution in [0.25, 0.3) is 10.4 Å². The maximum Gasteiger partial charge on any atom is 0.161 e. The van der Waals surface area contributed by atoms with E-state index in [2.05, 4.69) is 0 Å². The van der Waals surface area contributed by atoms with Gasteiger partial charge in [0.25, 0.3) is 0 Å². The van der Waals surface area contributed by atoms with Gasteiger partial charge in [0.2, 0.25) is 0 Å². The lowest BCUT2D eigenvalue weighted by Gasteiger charge is -2.01. The maximum absolute atomic E-state index is 12.9. The summed E-state index contributed by atoms with van der Waals surface area (Å²) >= 11 is 7.40. The molecule has 4 heteroatoms. The van der Waals surface area contributed by atoms with E-state index >= 15 is 0 Å². The van der Waals surface area contributed by atoms with Crippen molar-refractivity contribution < 1.29 is 9.18 Å². The molecule has 0 bridgehead atoms. The monoisotopic (exact) mass is 268 g/mol. The summed E-state index contributed by atoms with van der Waals surface area (Å²) < 4.78 is 13.5. The molecule has 0 aliphatic heterocycles. The third kappa shape index (κ3) is 2.26. The zero-order valence-electron chi connectivity index (χ0n) is 9.38. The van der Waals surface area contributed by atoms with Crippen molar-refractivity contribution in [3.05, 3.63) is 45.5 Å². The summed E-state index contributed by atoms with van der Waals surface area (Å²) in [4.78, 5) is 12.4. The first-order valence-corrected chi connectivity index (χ1v) is 6.26. The molecule has 0 saturated carbocycles. The molecule has 1 heterocycles. The number of hydrogen-bond donors (Lipinski definition) is 0. The van der Waals surface area contributed by atoms with Gasteiger partial charge >= 0.3 is 0 Å². The van der Waals surface area contributed by atoms with Crippen LogP contribution in [0.3, 0.4) is 0 Å². The van der Waals surface area contributed by atoms with Crippen LogP contribution in [0.4, 0.5) is 4.39 Å². The second-order valence-corrected chi connectivity index (χ2v) is 5.39. The Labute approximate surface area is 108 Å². The van der Waals surface area contributed by atoms with Crippen molar-refractivity contribution >= 4 is 28.7 Å². The Balaban J connectivity index is 2.63. The molecular weight excluding hydrogens is 259 g/mol. The van der Waals surface area contributed by atoms with Gasteiger partial charge in [-0.15, -0.1) is 11.3 Å². The molecule has 0 atom stereocenters. The fourth-order valence-electron chi connectivity index (χ4n) is 1.71. The van der Waals surface area contributed by atoms with Crippen molar-refractivity contribution in [2.45, 2.75) is 13.8 Å². The first kappa shape index (κ1) is 12.3. The van der Waals surface area contributed by atoms with Gasteiger partial charge in [-0.05, 0) is 37.1 Å². The normalized spacial score (nSPS) is 10.6. The minimum atomic E-state index is -0.294. The molecule has 88 valence electrons. The first-order valence-electron chi connectivity index (χ1n) is 5.06. The van der Waals surface area contributed by atoms with E-state index in [1.165, 1.54) is 30.4 Å². The molecular formula is C13H10ClFOS. The lowest BCUT2D eigenvalue weighted by Crippen LogP contribution is -1.94. The topological polar surface area (TPSA) is 17.1 Å². The molecule has 0 N–H and O–H groups in total. The van der Waals surface area contributed by atoms with Crippen molar-refractivity contribution in [2.24, 2.45) is 0 Å². The number of hydrogen-bond acceptors (Lipinski definition) is 2. The predicted octanol–water partition coefficient (Wildman–Crippen LogP) is 4.72. The largest absolute Gasteiger partial charge is 0.294 e. The lowest BCUT2D eigenvalue weighted by molar-refractivity contribution is 0.101. The molecule has 17 heavy (non-hydrogen) atoms. The van der Waals surface area contributed by atoms with Crippen molar-refractivity contribution in [1.29, 1.82) is 0 Å². The number of Topliss-reactive ketones (excluding diaryl/α,β-unsaturated/α-hetero) is 1. The van der Waals surface area contributed by atoms with Crippen LogP contribution in [0.5, 0.6) is 0 Å². The third-order valence-electron chi connectivity index (χ3n) is 2.55. The van der Waals surface area contributed by atoms with Gasteiger partial charge in [0.1, 0.15) is 5.82 Å². The maximum atomic E-state index is 12.9. The van der Waals surface area contributed by atoms with Crippen LogP contribution in [0.1, 0.15) is 22.8 Å². The SMILES string of the molecule is CC(=O)c1c(-c2ccc(F)cc2)sc(Cl)c1C. The Morgan fingerprint density at radius 3 is 2.41 bits per heavy atom. The predicted molar refractivity (Wildman–Crippen MR) is 69.5 cm³/mol. The molecule has 2 rings (SSSR count). The second kappa shape index (κ2) is 4.59. The summed E-state index contributed by atoms with van der Waals surface area (Å²) in [6.07, 6.45) is 0. The number of carbonyl (C=O) groups excluding carboxylic acids is 1. The number of rotatable bonds is 2.